The van der Waals surface area contributed by atoms with Crippen molar-refractivity contribution in [2.24, 2.45) is 0 Å². The summed E-state index contributed by atoms with van der Waals surface area (Å²) in [5, 5.41) is 5.00. The quantitative estimate of drug-likeness (QED) is 0.322. The van der Waals surface area contributed by atoms with Crippen LogP contribution in [0.5, 0.6) is 0 Å². The molecule has 170 valence electrons. The summed E-state index contributed by atoms with van der Waals surface area (Å²) in [7, 11) is 0. The number of aromatic nitrogens is 3. The second-order valence-electron chi connectivity index (χ2n) is 9.67. The number of hydrogen-bond donors (Lipinski definition) is 0. The van der Waals surface area contributed by atoms with Crippen LogP contribution in [0.4, 0.5) is 4.39 Å². The molecule has 0 spiro atoms. The minimum atomic E-state index is -1.02. The number of aryl methyl sites for hydroxylation is 4. The lowest BCUT2D eigenvalue weighted by Crippen LogP contribution is -2.28. The van der Waals surface area contributed by atoms with E-state index in [1.54, 1.807) is 6.92 Å². The van der Waals surface area contributed by atoms with Gasteiger partial charge in [0, 0.05) is 16.5 Å². The van der Waals surface area contributed by atoms with E-state index in [1.165, 1.54) is 5.56 Å². The first-order valence-electron chi connectivity index (χ1n) is 11.5. The van der Waals surface area contributed by atoms with Crippen molar-refractivity contribution in [1.29, 1.82) is 0 Å². The van der Waals surface area contributed by atoms with E-state index in [9.17, 15) is 4.39 Å². The first-order chi connectivity index (χ1) is 15.6. The molecule has 0 bridgehead atoms. The monoisotopic (exact) mass is 441 g/mol. The molecule has 0 aliphatic rings. The maximum absolute atomic E-state index is 14.7. The Hall–Kier alpha value is -3.27. The molecule has 0 saturated heterocycles. The van der Waals surface area contributed by atoms with Gasteiger partial charge in [0.2, 0.25) is 0 Å². The van der Waals surface area contributed by atoms with Crippen LogP contribution < -0.4 is 0 Å². The highest BCUT2D eigenvalue weighted by Crippen LogP contribution is 2.38. The largest absolute Gasteiger partial charge is 0.247 e. The summed E-state index contributed by atoms with van der Waals surface area (Å²) in [6, 6.07) is 20.5. The van der Waals surface area contributed by atoms with Gasteiger partial charge in [0.25, 0.3) is 0 Å². The Labute approximate surface area is 196 Å². The molecule has 0 unspecified atom stereocenters. The van der Waals surface area contributed by atoms with Crippen molar-refractivity contribution in [3.05, 3.63) is 88.5 Å². The predicted molar refractivity (Wildman–Crippen MR) is 135 cm³/mol. The summed E-state index contributed by atoms with van der Waals surface area (Å²) >= 11 is 0. The fraction of sp³-hybridized carbons (Fsp3) is 0.310. The van der Waals surface area contributed by atoms with E-state index in [4.69, 9.17) is 10.1 Å². The molecule has 1 atom stereocenters. The number of rotatable bonds is 5. The van der Waals surface area contributed by atoms with E-state index in [2.05, 4.69) is 52.0 Å². The maximum Gasteiger partial charge on any atom is 0.182 e. The lowest BCUT2D eigenvalue weighted by Gasteiger charge is -2.29. The van der Waals surface area contributed by atoms with Crippen molar-refractivity contribution in [2.75, 3.05) is 0 Å². The summed E-state index contributed by atoms with van der Waals surface area (Å²) in [5.41, 5.74) is 7.76. The van der Waals surface area contributed by atoms with Gasteiger partial charge in [-0.3, -0.25) is 0 Å². The molecule has 3 aromatic carbocycles. The van der Waals surface area contributed by atoms with Crippen molar-refractivity contribution in [2.45, 2.75) is 60.1 Å². The second kappa shape index (κ2) is 8.58. The first kappa shape index (κ1) is 22.9. The van der Waals surface area contributed by atoms with E-state index in [0.29, 0.717) is 5.82 Å². The second-order valence-corrected chi connectivity index (χ2v) is 9.67. The van der Waals surface area contributed by atoms with Crippen LogP contribution >= 0.6 is 0 Å². The van der Waals surface area contributed by atoms with Crippen LogP contribution in [0.15, 0.2) is 60.7 Å². The van der Waals surface area contributed by atoms with Gasteiger partial charge in [-0.2, -0.15) is 0 Å². The Kier molecular flexibility index (Phi) is 5.96. The van der Waals surface area contributed by atoms with Crippen molar-refractivity contribution in [1.82, 2.24) is 14.8 Å². The topological polar surface area (TPSA) is 30.7 Å². The molecule has 0 aliphatic heterocycles. The van der Waals surface area contributed by atoms with Gasteiger partial charge in [-0.1, -0.05) is 79.6 Å². The Morgan fingerprint density at radius 2 is 1.52 bits per heavy atom. The third-order valence-electron chi connectivity index (χ3n) is 6.59. The molecular formula is C29H32FN3. The van der Waals surface area contributed by atoms with Crippen molar-refractivity contribution in [3.63, 3.8) is 0 Å². The number of nitrogens with zero attached hydrogens (tertiary/aromatic N) is 3. The molecule has 4 rings (SSSR count). The van der Waals surface area contributed by atoms with Gasteiger partial charge in [-0.05, 0) is 57.4 Å². The van der Waals surface area contributed by atoms with Gasteiger partial charge in [0.15, 0.2) is 11.6 Å². The third-order valence-corrected chi connectivity index (χ3v) is 6.59. The average molecular weight is 442 g/mol. The molecule has 0 aliphatic carbocycles. The fourth-order valence-corrected chi connectivity index (χ4v) is 4.51. The molecule has 4 aromatic rings. The highest BCUT2D eigenvalue weighted by atomic mass is 19.1. The highest BCUT2D eigenvalue weighted by Gasteiger charge is 2.32. The van der Waals surface area contributed by atoms with Gasteiger partial charge < -0.3 is 0 Å². The summed E-state index contributed by atoms with van der Waals surface area (Å²) < 4.78 is 16.7. The molecule has 1 aromatic heterocycles. The average Bonchev–Trinajstić information content (AvgIpc) is 3.17. The van der Waals surface area contributed by atoms with Crippen LogP contribution in [-0.4, -0.2) is 20.9 Å². The van der Waals surface area contributed by atoms with E-state index < -0.39 is 11.6 Å². The molecule has 33 heavy (non-hydrogen) atoms. The maximum atomic E-state index is 14.7. The van der Waals surface area contributed by atoms with Crippen LogP contribution in [0, 0.1) is 27.7 Å². The van der Waals surface area contributed by atoms with Crippen LogP contribution in [0.1, 0.15) is 48.6 Å². The number of benzene rings is 3. The molecule has 1 heterocycles. The molecule has 0 radical (unpaired) electrons. The van der Waals surface area contributed by atoms with Crippen molar-refractivity contribution in [3.8, 4) is 28.5 Å². The molecule has 0 fully saturated rings. The predicted octanol–water partition coefficient (Wildman–Crippen LogP) is 7.47. The molecule has 0 N–H and O–H groups in total. The normalized spacial score (nSPS) is 12.7. The van der Waals surface area contributed by atoms with Crippen LogP contribution in [0.2, 0.25) is 0 Å². The number of alkyl halides is 1. The SMILES string of the molecule is Cc1cccc(-c2nc(-c3ccccc3C(C)(C)[C@@H](C)F)n(-c3c(C)cc(C)cc3C)n2)c1. The Morgan fingerprint density at radius 3 is 2.15 bits per heavy atom. The molecule has 4 heteroatoms. The minimum absolute atomic E-state index is 0.661. The lowest BCUT2D eigenvalue weighted by molar-refractivity contribution is 0.237. The van der Waals surface area contributed by atoms with Gasteiger partial charge in [0.05, 0.1) is 5.69 Å². The molecule has 0 amide bonds. The summed E-state index contributed by atoms with van der Waals surface area (Å²) in [6.45, 7) is 13.9. The summed E-state index contributed by atoms with van der Waals surface area (Å²) in [5.74, 6) is 1.39. The van der Waals surface area contributed by atoms with E-state index >= 15 is 0 Å². The Bertz CT molecular complexity index is 1290. The third kappa shape index (κ3) is 4.22. The highest BCUT2D eigenvalue weighted by molar-refractivity contribution is 5.69. The van der Waals surface area contributed by atoms with Crippen molar-refractivity contribution >= 4 is 0 Å². The lowest BCUT2D eigenvalue weighted by atomic mass is 9.78. The summed E-state index contributed by atoms with van der Waals surface area (Å²) in [6.07, 6.45) is -1.02. The fourth-order valence-electron chi connectivity index (χ4n) is 4.51. The smallest absolute Gasteiger partial charge is 0.182 e. The van der Waals surface area contributed by atoms with Gasteiger partial charge in [-0.25, -0.2) is 14.1 Å². The molecule has 0 saturated carbocycles. The van der Waals surface area contributed by atoms with Crippen molar-refractivity contribution < 1.29 is 4.39 Å². The summed E-state index contributed by atoms with van der Waals surface area (Å²) in [4.78, 5) is 5.04. The number of halogens is 1. The minimum Gasteiger partial charge on any atom is -0.247 e. The van der Waals surface area contributed by atoms with Crippen LogP contribution in [0.3, 0.4) is 0 Å². The zero-order valence-corrected chi connectivity index (χ0v) is 20.6. The Morgan fingerprint density at radius 1 is 0.848 bits per heavy atom. The Balaban J connectivity index is 2.04. The molecular weight excluding hydrogens is 409 g/mol. The first-order valence-corrected chi connectivity index (χ1v) is 11.5. The standard InChI is InChI=1S/C29H32FN3/c1-18-11-10-12-23(17-18)27-31-28(24-13-8-9-14-25(24)29(6,7)22(5)30)33(32-27)26-20(3)15-19(2)16-21(26)4/h8-17,22H,1-7H3/t22-/m1/s1. The van der Waals surface area contributed by atoms with Gasteiger partial charge in [0.1, 0.15) is 6.17 Å². The van der Waals surface area contributed by atoms with E-state index in [-0.39, 0.29) is 0 Å². The van der Waals surface area contributed by atoms with Gasteiger partial charge >= 0.3 is 0 Å². The van der Waals surface area contributed by atoms with Crippen LogP contribution in [0.25, 0.3) is 28.5 Å². The van der Waals surface area contributed by atoms with Crippen LogP contribution in [-0.2, 0) is 5.41 Å². The molecule has 3 nitrogen and oxygen atoms in total. The number of hydrogen-bond acceptors (Lipinski definition) is 2. The zero-order valence-electron chi connectivity index (χ0n) is 20.6. The van der Waals surface area contributed by atoms with E-state index in [1.807, 2.05) is 54.9 Å². The van der Waals surface area contributed by atoms with E-state index in [0.717, 1.165) is 44.9 Å². The van der Waals surface area contributed by atoms with Gasteiger partial charge in [-0.15, -0.1) is 5.10 Å². The zero-order chi connectivity index (χ0) is 23.9.